The lowest BCUT2D eigenvalue weighted by atomic mass is 9.69. The first-order valence-corrected chi connectivity index (χ1v) is 8.50. The second-order valence-corrected chi connectivity index (χ2v) is 6.93. The number of Topliss-reactive ketones (excluding diaryl/α,β-unsaturated/α-hetero) is 3. The molecule has 3 aliphatic rings. The number of benzene rings is 1. The van der Waals surface area contributed by atoms with Crippen LogP contribution in [0.5, 0.6) is 11.5 Å². The van der Waals surface area contributed by atoms with E-state index in [1.807, 2.05) is 0 Å². The number of hydrogen-bond donors (Lipinski definition) is 2. The van der Waals surface area contributed by atoms with Gasteiger partial charge in [-0.2, -0.15) is 0 Å². The molecule has 0 fully saturated rings. The van der Waals surface area contributed by atoms with Gasteiger partial charge in [0.05, 0.1) is 23.0 Å². The standard InChI is InChI=1S/C20H18O5/c1-9(21)10-6-7-13-14(8-10)20(25)16-15(19(13)24)17(22)11-4-2-3-5-12(11)18(16)23/h6-8,13-14,22-23H,2-5H2,1H3. The monoisotopic (exact) mass is 338 g/mol. The van der Waals surface area contributed by atoms with Gasteiger partial charge in [0.15, 0.2) is 17.3 Å². The predicted molar refractivity (Wildman–Crippen MR) is 90.0 cm³/mol. The van der Waals surface area contributed by atoms with E-state index in [-0.39, 0.29) is 34.2 Å². The van der Waals surface area contributed by atoms with Gasteiger partial charge in [-0.15, -0.1) is 0 Å². The lowest BCUT2D eigenvalue weighted by Gasteiger charge is -2.32. The zero-order valence-corrected chi connectivity index (χ0v) is 13.8. The third kappa shape index (κ3) is 2.11. The van der Waals surface area contributed by atoms with E-state index in [0.717, 1.165) is 12.8 Å². The second kappa shape index (κ2) is 5.41. The van der Waals surface area contributed by atoms with E-state index in [1.54, 1.807) is 12.2 Å². The first-order valence-electron chi connectivity index (χ1n) is 8.50. The number of fused-ring (bicyclic) bond motifs is 3. The van der Waals surface area contributed by atoms with E-state index in [9.17, 15) is 24.6 Å². The van der Waals surface area contributed by atoms with Gasteiger partial charge >= 0.3 is 0 Å². The summed E-state index contributed by atoms with van der Waals surface area (Å²) in [4.78, 5) is 37.6. The van der Waals surface area contributed by atoms with Gasteiger partial charge in [0.25, 0.3) is 0 Å². The van der Waals surface area contributed by atoms with Crippen LogP contribution in [-0.4, -0.2) is 27.6 Å². The van der Waals surface area contributed by atoms with Crippen LogP contribution in [0.15, 0.2) is 23.8 Å². The molecule has 5 heteroatoms. The Morgan fingerprint density at radius 3 is 2.00 bits per heavy atom. The maximum Gasteiger partial charge on any atom is 0.175 e. The molecule has 0 aromatic heterocycles. The highest BCUT2D eigenvalue weighted by molar-refractivity contribution is 6.21. The summed E-state index contributed by atoms with van der Waals surface area (Å²) >= 11 is 0. The van der Waals surface area contributed by atoms with Crippen LogP contribution in [-0.2, 0) is 17.6 Å². The molecule has 2 atom stereocenters. The maximum atomic E-state index is 13.0. The van der Waals surface area contributed by atoms with Crippen molar-refractivity contribution in [3.8, 4) is 11.5 Å². The summed E-state index contributed by atoms with van der Waals surface area (Å²) in [5.74, 6) is -2.86. The topological polar surface area (TPSA) is 91.7 Å². The van der Waals surface area contributed by atoms with Crippen LogP contribution in [0.4, 0.5) is 0 Å². The van der Waals surface area contributed by atoms with Crippen molar-refractivity contribution in [2.45, 2.75) is 32.6 Å². The fourth-order valence-corrected chi connectivity index (χ4v) is 4.18. The molecule has 0 saturated carbocycles. The molecule has 2 unspecified atom stereocenters. The molecular weight excluding hydrogens is 320 g/mol. The van der Waals surface area contributed by atoms with Gasteiger partial charge in [-0.25, -0.2) is 0 Å². The Labute approximate surface area is 144 Å². The van der Waals surface area contributed by atoms with Gasteiger partial charge in [0.1, 0.15) is 11.5 Å². The van der Waals surface area contributed by atoms with Crippen molar-refractivity contribution >= 4 is 17.3 Å². The number of aromatic hydroxyl groups is 2. The van der Waals surface area contributed by atoms with Crippen molar-refractivity contribution in [2.24, 2.45) is 11.8 Å². The van der Waals surface area contributed by atoms with E-state index in [0.29, 0.717) is 29.5 Å². The first-order chi connectivity index (χ1) is 11.9. The van der Waals surface area contributed by atoms with E-state index in [1.165, 1.54) is 13.0 Å². The Hall–Kier alpha value is -2.69. The van der Waals surface area contributed by atoms with E-state index < -0.39 is 17.6 Å². The highest BCUT2D eigenvalue weighted by Gasteiger charge is 2.45. The molecule has 0 heterocycles. The molecule has 0 aliphatic heterocycles. The first kappa shape index (κ1) is 15.8. The van der Waals surface area contributed by atoms with Crippen molar-refractivity contribution in [1.82, 2.24) is 0 Å². The van der Waals surface area contributed by atoms with Crippen molar-refractivity contribution in [3.05, 3.63) is 46.1 Å². The minimum Gasteiger partial charge on any atom is -0.507 e. The zero-order valence-electron chi connectivity index (χ0n) is 13.8. The lowest BCUT2D eigenvalue weighted by molar-refractivity contribution is -0.113. The van der Waals surface area contributed by atoms with Gasteiger partial charge in [0, 0.05) is 16.7 Å². The molecule has 0 saturated heterocycles. The van der Waals surface area contributed by atoms with Gasteiger partial charge in [0.2, 0.25) is 0 Å². The van der Waals surface area contributed by atoms with Crippen LogP contribution in [0, 0.1) is 11.8 Å². The highest BCUT2D eigenvalue weighted by Crippen LogP contribution is 2.47. The number of phenolic OH excluding ortho intramolecular Hbond substituents is 2. The summed E-state index contributed by atoms with van der Waals surface area (Å²) in [5.41, 5.74) is 1.39. The fourth-order valence-electron chi connectivity index (χ4n) is 4.18. The van der Waals surface area contributed by atoms with Crippen LogP contribution in [0.1, 0.15) is 51.6 Å². The van der Waals surface area contributed by atoms with Crippen LogP contribution >= 0.6 is 0 Å². The fraction of sp³-hybridized carbons (Fsp3) is 0.350. The number of ketones is 3. The van der Waals surface area contributed by atoms with Gasteiger partial charge in [-0.1, -0.05) is 18.2 Å². The Balaban J connectivity index is 1.95. The minimum absolute atomic E-state index is 0.0614. The van der Waals surface area contributed by atoms with Crippen LogP contribution < -0.4 is 0 Å². The Morgan fingerprint density at radius 1 is 0.960 bits per heavy atom. The molecule has 25 heavy (non-hydrogen) atoms. The quantitative estimate of drug-likeness (QED) is 0.768. The number of hydrogen-bond acceptors (Lipinski definition) is 5. The van der Waals surface area contributed by atoms with E-state index >= 15 is 0 Å². The van der Waals surface area contributed by atoms with Crippen molar-refractivity contribution in [1.29, 1.82) is 0 Å². The lowest BCUT2D eigenvalue weighted by Crippen LogP contribution is -2.37. The maximum absolute atomic E-state index is 13.0. The molecule has 2 N–H and O–H groups in total. The molecule has 128 valence electrons. The summed E-state index contributed by atoms with van der Waals surface area (Å²) in [5, 5.41) is 21.3. The largest absolute Gasteiger partial charge is 0.507 e. The van der Waals surface area contributed by atoms with Crippen LogP contribution in [0.3, 0.4) is 0 Å². The molecule has 0 radical (unpaired) electrons. The molecule has 0 spiro atoms. The van der Waals surface area contributed by atoms with Gasteiger partial charge < -0.3 is 10.2 Å². The summed E-state index contributed by atoms with van der Waals surface area (Å²) in [7, 11) is 0. The molecule has 5 nitrogen and oxygen atoms in total. The van der Waals surface area contributed by atoms with Gasteiger partial charge in [-0.05, 0) is 32.6 Å². The third-order valence-electron chi connectivity index (χ3n) is 5.50. The number of allylic oxidation sites excluding steroid dienone is 4. The van der Waals surface area contributed by atoms with E-state index in [4.69, 9.17) is 0 Å². The Bertz CT molecular complexity index is 903. The normalized spacial score (nSPS) is 24.3. The molecule has 1 aromatic carbocycles. The predicted octanol–water partition coefficient (Wildman–Crippen LogP) is 2.67. The molecule has 3 aliphatic carbocycles. The summed E-state index contributed by atoms with van der Waals surface area (Å²) in [6.45, 7) is 1.40. The van der Waals surface area contributed by atoms with Crippen molar-refractivity contribution in [2.75, 3.05) is 0 Å². The van der Waals surface area contributed by atoms with Crippen LogP contribution in [0.2, 0.25) is 0 Å². The molecule has 1 aromatic rings. The average Bonchev–Trinajstić information content (AvgIpc) is 2.62. The molecule has 4 rings (SSSR count). The van der Waals surface area contributed by atoms with Crippen molar-refractivity contribution in [3.63, 3.8) is 0 Å². The van der Waals surface area contributed by atoms with Gasteiger partial charge in [-0.3, -0.25) is 14.4 Å². The van der Waals surface area contributed by atoms with Crippen LogP contribution in [0.25, 0.3) is 0 Å². The summed E-state index contributed by atoms with van der Waals surface area (Å²) in [6, 6.07) is 0. The Kier molecular flexibility index (Phi) is 3.42. The number of phenols is 2. The summed E-state index contributed by atoms with van der Waals surface area (Å²) in [6.07, 6.45) is 7.51. The molecular formula is C20H18O5. The zero-order chi connectivity index (χ0) is 17.9. The highest BCUT2D eigenvalue weighted by atomic mass is 16.3. The third-order valence-corrected chi connectivity index (χ3v) is 5.50. The molecule has 0 bridgehead atoms. The smallest absolute Gasteiger partial charge is 0.175 e. The molecule has 0 amide bonds. The Morgan fingerprint density at radius 2 is 1.48 bits per heavy atom. The number of carbonyl (C=O) groups excluding carboxylic acids is 3. The minimum atomic E-state index is -0.809. The summed E-state index contributed by atoms with van der Waals surface area (Å²) < 4.78 is 0. The number of carbonyl (C=O) groups is 3. The van der Waals surface area contributed by atoms with E-state index in [2.05, 4.69) is 0 Å². The second-order valence-electron chi connectivity index (χ2n) is 6.93. The average molecular weight is 338 g/mol. The number of rotatable bonds is 1. The SMILES string of the molecule is CC(=O)C1=CC2C(=O)c3c(O)c4c(c(O)c3C(=O)C2C=C1)CCCC4. The van der Waals surface area contributed by atoms with Crippen molar-refractivity contribution < 1.29 is 24.6 Å².